The molecule has 3 rings (SSSR count). The Bertz CT molecular complexity index is 776. The number of pyridine rings is 1. The highest BCUT2D eigenvalue weighted by atomic mass is 19.1. The SMILES string of the molecule is O=c1cc(-c2ccc(F)cc2)cc(-c2ccccc2)[nH]1. The molecule has 1 N–H and O–H groups in total. The first-order valence-electron chi connectivity index (χ1n) is 6.28. The summed E-state index contributed by atoms with van der Waals surface area (Å²) in [6, 6.07) is 19.1. The molecule has 1 heterocycles. The molecule has 1 aromatic heterocycles. The smallest absolute Gasteiger partial charge is 0.249 e. The van der Waals surface area contributed by atoms with E-state index in [-0.39, 0.29) is 11.4 Å². The summed E-state index contributed by atoms with van der Waals surface area (Å²) in [5, 5.41) is 0. The zero-order chi connectivity index (χ0) is 13.9. The van der Waals surface area contributed by atoms with Gasteiger partial charge in [-0.3, -0.25) is 4.79 Å². The van der Waals surface area contributed by atoms with Crippen molar-refractivity contribution in [2.45, 2.75) is 0 Å². The molecule has 20 heavy (non-hydrogen) atoms. The van der Waals surface area contributed by atoms with Crippen LogP contribution in [0.1, 0.15) is 0 Å². The van der Waals surface area contributed by atoms with E-state index in [2.05, 4.69) is 4.98 Å². The van der Waals surface area contributed by atoms with E-state index in [0.717, 1.165) is 22.4 Å². The van der Waals surface area contributed by atoms with Crippen molar-refractivity contribution in [1.82, 2.24) is 4.98 Å². The number of halogens is 1. The van der Waals surface area contributed by atoms with Gasteiger partial charge in [0.2, 0.25) is 5.56 Å². The lowest BCUT2D eigenvalue weighted by molar-refractivity contribution is 0.628. The van der Waals surface area contributed by atoms with Crippen molar-refractivity contribution in [3.8, 4) is 22.4 Å². The highest BCUT2D eigenvalue weighted by Crippen LogP contribution is 2.23. The number of aromatic nitrogens is 1. The van der Waals surface area contributed by atoms with Crippen molar-refractivity contribution in [3.05, 3.63) is 82.9 Å². The molecular weight excluding hydrogens is 253 g/mol. The minimum Gasteiger partial charge on any atom is -0.322 e. The maximum Gasteiger partial charge on any atom is 0.249 e. The minimum atomic E-state index is -0.290. The van der Waals surface area contributed by atoms with E-state index in [9.17, 15) is 9.18 Å². The molecule has 0 saturated heterocycles. The average Bonchev–Trinajstić information content (AvgIpc) is 2.48. The third kappa shape index (κ3) is 2.52. The zero-order valence-electron chi connectivity index (χ0n) is 10.6. The van der Waals surface area contributed by atoms with Crippen molar-refractivity contribution in [2.24, 2.45) is 0 Å². The normalized spacial score (nSPS) is 10.4. The quantitative estimate of drug-likeness (QED) is 0.750. The Morgan fingerprint density at radius 2 is 1.45 bits per heavy atom. The second-order valence-corrected chi connectivity index (χ2v) is 4.52. The molecule has 98 valence electrons. The molecule has 0 spiro atoms. The van der Waals surface area contributed by atoms with Crippen LogP contribution in [0.15, 0.2) is 71.5 Å². The number of hydrogen-bond donors (Lipinski definition) is 1. The maximum absolute atomic E-state index is 13.0. The largest absolute Gasteiger partial charge is 0.322 e. The van der Waals surface area contributed by atoms with E-state index in [0.29, 0.717) is 0 Å². The standard InChI is InChI=1S/C17H12FNO/c18-15-8-6-12(7-9-15)14-10-16(19-17(20)11-14)13-4-2-1-3-5-13/h1-11H,(H,19,20). The summed E-state index contributed by atoms with van der Waals surface area (Å²) >= 11 is 0. The Morgan fingerprint density at radius 1 is 0.750 bits per heavy atom. The van der Waals surface area contributed by atoms with Crippen LogP contribution < -0.4 is 5.56 Å². The van der Waals surface area contributed by atoms with Gasteiger partial charge in [-0.15, -0.1) is 0 Å². The molecule has 2 aromatic carbocycles. The van der Waals surface area contributed by atoms with Crippen molar-refractivity contribution in [2.75, 3.05) is 0 Å². The predicted octanol–water partition coefficient (Wildman–Crippen LogP) is 3.85. The number of H-pyrrole nitrogens is 1. The lowest BCUT2D eigenvalue weighted by Gasteiger charge is -2.05. The summed E-state index contributed by atoms with van der Waals surface area (Å²) in [6.07, 6.45) is 0. The first-order chi connectivity index (χ1) is 9.72. The lowest BCUT2D eigenvalue weighted by atomic mass is 10.0. The number of nitrogens with one attached hydrogen (secondary N) is 1. The van der Waals surface area contributed by atoms with Gasteiger partial charge in [-0.25, -0.2) is 4.39 Å². The molecular formula is C17H12FNO. The van der Waals surface area contributed by atoms with Crippen LogP contribution >= 0.6 is 0 Å². The number of hydrogen-bond acceptors (Lipinski definition) is 1. The molecule has 3 heteroatoms. The predicted molar refractivity (Wildman–Crippen MR) is 77.9 cm³/mol. The Hall–Kier alpha value is -2.68. The van der Waals surface area contributed by atoms with Crippen LogP contribution in [-0.4, -0.2) is 4.98 Å². The van der Waals surface area contributed by atoms with E-state index in [1.807, 2.05) is 36.4 Å². The Balaban J connectivity index is 2.12. The molecule has 0 bridgehead atoms. The fourth-order valence-corrected chi connectivity index (χ4v) is 2.13. The van der Waals surface area contributed by atoms with E-state index >= 15 is 0 Å². The molecule has 0 amide bonds. The summed E-state index contributed by atoms with van der Waals surface area (Å²) < 4.78 is 13.0. The van der Waals surface area contributed by atoms with Crippen LogP contribution in [0.3, 0.4) is 0 Å². The summed E-state index contributed by atoms with van der Waals surface area (Å²) in [6.45, 7) is 0. The van der Waals surface area contributed by atoms with Crippen LogP contribution in [0.4, 0.5) is 4.39 Å². The van der Waals surface area contributed by atoms with Crippen LogP contribution in [0.2, 0.25) is 0 Å². The van der Waals surface area contributed by atoms with Crippen LogP contribution in [0.25, 0.3) is 22.4 Å². The number of aromatic amines is 1. The van der Waals surface area contributed by atoms with Gasteiger partial charge in [-0.05, 0) is 34.9 Å². The molecule has 0 unspecified atom stereocenters. The number of benzene rings is 2. The maximum atomic E-state index is 13.0. The molecule has 0 aliphatic heterocycles. The molecule has 0 fully saturated rings. The first-order valence-corrected chi connectivity index (χ1v) is 6.28. The van der Waals surface area contributed by atoms with E-state index in [4.69, 9.17) is 0 Å². The van der Waals surface area contributed by atoms with Gasteiger partial charge in [0.1, 0.15) is 5.82 Å². The average molecular weight is 265 g/mol. The van der Waals surface area contributed by atoms with Gasteiger partial charge in [0, 0.05) is 11.8 Å². The molecule has 0 atom stereocenters. The lowest BCUT2D eigenvalue weighted by Crippen LogP contribution is -2.05. The third-order valence-corrected chi connectivity index (χ3v) is 3.11. The molecule has 3 aromatic rings. The molecule has 0 aliphatic carbocycles. The third-order valence-electron chi connectivity index (χ3n) is 3.11. The van der Waals surface area contributed by atoms with Crippen molar-refractivity contribution in [3.63, 3.8) is 0 Å². The topological polar surface area (TPSA) is 32.9 Å². The van der Waals surface area contributed by atoms with E-state index < -0.39 is 0 Å². The van der Waals surface area contributed by atoms with Crippen molar-refractivity contribution < 1.29 is 4.39 Å². The summed E-state index contributed by atoms with van der Waals surface area (Å²) in [5.74, 6) is -0.290. The Kier molecular flexibility index (Phi) is 3.17. The van der Waals surface area contributed by atoms with Crippen LogP contribution in [0.5, 0.6) is 0 Å². The second-order valence-electron chi connectivity index (χ2n) is 4.52. The molecule has 0 aliphatic rings. The fourth-order valence-electron chi connectivity index (χ4n) is 2.13. The first kappa shape index (κ1) is 12.4. The highest BCUT2D eigenvalue weighted by Gasteiger charge is 2.04. The van der Waals surface area contributed by atoms with Gasteiger partial charge in [0.15, 0.2) is 0 Å². The number of rotatable bonds is 2. The Labute approximate surface area is 115 Å². The fraction of sp³-hybridized carbons (Fsp3) is 0. The van der Waals surface area contributed by atoms with Gasteiger partial charge in [-0.1, -0.05) is 42.5 Å². The van der Waals surface area contributed by atoms with Crippen LogP contribution in [-0.2, 0) is 0 Å². The van der Waals surface area contributed by atoms with E-state index in [1.54, 1.807) is 12.1 Å². The van der Waals surface area contributed by atoms with Gasteiger partial charge in [0.25, 0.3) is 0 Å². The van der Waals surface area contributed by atoms with Crippen molar-refractivity contribution >= 4 is 0 Å². The summed E-state index contributed by atoms with van der Waals surface area (Å²) in [5.41, 5.74) is 3.10. The Morgan fingerprint density at radius 3 is 2.15 bits per heavy atom. The second kappa shape index (κ2) is 5.13. The summed E-state index contributed by atoms with van der Waals surface area (Å²) in [7, 11) is 0. The molecule has 0 saturated carbocycles. The van der Waals surface area contributed by atoms with Gasteiger partial charge >= 0.3 is 0 Å². The van der Waals surface area contributed by atoms with Gasteiger partial charge < -0.3 is 4.98 Å². The molecule has 0 radical (unpaired) electrons. The van der Waals surface area contributed by atoms with Gasteiger partial charge in [0.05, 0.1) is 0 Å². The monoisotopic (exact) mass is 265 g/mol. The minimum absolute atomic E-state index is 0.175. The zero-order valence-corrected chi connectivity index (χ0v) is 10.6. The summed E-state index contributed by atoms with van der Waals surface area (Å²) in [4.78, 5) is 14.6. The van der Waals surface area contributed by atoms with E-state index in [1.165, 1.54) is 18.2 Å². The van der Waals surface area contributed by atoms with Crippen LogP contribution in [0, 0.1) is 5.82 Å². The van der Waals surface area contributed by atoms with Crippen molar-refractivity contribution in [1.29, 1.82) is 0 Å². The molecule has 2 nitrogen and oxygen atoms in total. The highest BCUT2D eigenvalue weighted by molar-refractivity contribution is 5.70. The van der Waals surface area contributed by atoms with Gasteiger partial charge in [-0.2, -0.15) is 0 Å².